The third kappa shape index (κ3) is 4.99. The summed E-state index contributed by atoms with van der Waals surface area (Å²) >= 11 is 0. The molecule has 1 heterocycles. The van der Waals surface area contributed by atoms with Crippen molar-refractivity contribution in [2.24, 2.45) is 0 Å². The molecule has 1 aliphatic rings. The van der Waals surface area contributed by atoms with Crippen LogP contribution in [-0.4, -0.2) is 55.7 Å². The van der Waals surface area contributed by atoms with Crippen molar-refractivity contribution in [1.29, 1.82) is 0 Å². The van der Waals surface area contributed by atoms with Crippen LogP contribution in [0.1, 0.15) is 36.5 Å². The summed E-state index contributed by atoms with van der Waals surface area (Å²) in [6.45, 7) is 16.8. The Morgan fingerprint density at radius 2 is 1.64 bits per heavy atom. The van der Waals surface area contributed by atoms with E-state index >= 15 is 0 Å². The maximum Gasteiger partial charge on any atom is 0.122 e. The average molecular weight is 304 g/mol. The van der Waals surface area contributed by atoms with Gasteiger partial charge in [0.05, 0.1) is 6.61 Å². The molecule has 1 saturated heterocycles. The van der Waals surface area contributed by atoms with Crippen LogP contribution in [0.4, 0.5) is 0 Å². The standard InChI is InChI=1S/C19H32N2O/c1-5-20-9-11-21(12-10-20)8-6-7-13-22-19-15-16(2)14-17(3)18(19)4/h14-15H,5-13H2,1-4H3. The fourth-order valence-corrected chi connectivity index (χ4v) is 3.10. The molecule has 0 aliphatic carbocycles. The molecule has 1 aromatic carbocycles. The molecule has 0 saturated carbocycles. The molecule has 124 valence electrons. The van der Waals surface area contributed by atoms with Crippen LogP contribution in [0.2, 0.25) is 0 Å². The Bertz CT molecular complexity index is 465. The second-order valence-electron chi connectivity index (χ2n) is 6.54. The number of hydrogen-bond acceptors (Lipinski definition) is 3. The summed E-state index contributed by atoms with van der Waals surface area (Å²) in [5.74, 6) is 1.06. The summed E-state index contributed by atoms with van der Waals surface area (Å²) in [5, 5.41) is 0. The summed E-state index contributed by atoms with van der Waals surface area (Å²) in [6.07, 6.45) is 2.37. The Labute approximate surface area is 136 Å². The van der Waals surface area contributed by atoms with E-state index in [9.17, 15) is 0 Å². The molecule has 0 unspecified atom stereocenters. The zero-order chi connectivity index (χ0) is 15.9. The Morgan fingerprint density at radius 3 is 2.32 bits per heavy atom. The van der Waals surface area contributed by atoms with Gasteiger partial charge in [0.25, 0.3) is 0 Å². The Balaban J connectivity index is 1.64. The first-order valence-electron chi connectivity index (χ1n) is 8.75. The van der Waals surface area contributed by atoms with E-state index in [2.05, 4.69) is 49.6 Å². The summed E-state index contributed by atoms with van der Waals surface area (Å²) < 4.78 is 6.00. The molecule has 0 atom stereocenters. The maximum atomic E-state index is 6.00. The first kappa shape index (κ1) is 17.3. The molecule has 1 aliphatic heterocycles. The summed E-state index contributed by atoms with van der Waals surface area (Å²) in [7, 11) is 0. The van der Waals surface area contributed by atoms with Crippen LogP contribution in [-0.2, 0) is 0 Å². The van der Waals surface area contributed by atoms with Crippen molar-refractivity contribution in [3.8, 4) is 5.75 Å². The van der Waals surface area contributed by atoms with Gasteiger partial charge >= 0.3 is 0 Å². The minimum Gasteiger partial charge on any atom is -0.493 e. The average Bonchev–Trinajstić information content (AvgIpc) is 2.52. The number of aryl methyl sites for hydroxylation is 2. The minimum absolute atomic E-state index is 0.832. The fourth-order valence-electron chi connectivity index (χ4n) is 3.10. The number of hydrogen-bond donors (Lipinski definition) is 0. The van der Waals surface area contributed by atoms with Crippen molar-refractivity contribution in [2.75, 3.05) is 45.9 Å². The van der Waals surface area contributed by atoms with E-state index < -0.39 is 0 Å². The number of ether oxygens (including phenoxy) is 1. The molecule has 3 nitrogen and oxygen atoms in total. The summed E-state index contributed by atoms with van der Waals surface area (Å²) in [4.78, 5) is 5.12. The molecule has 0 bridgehead atoms. The molecule has 0 aromatic heterocycles. The predicted octanol–water partition coefficient (Wildman–Crippen LogP) is 3.41. The number of nitrogens with zero attached hydrogens (tertiary/aromatic N) is 2. The van der Waals surface area contributed by atoms with Gasteiger partial charge < -0.3 is 14.5 Å². The van der Waals surface area contributed by atoms with Gasteiger partial charge in [0.2, 0.25) is 0 Å². The minimum atomic E-state index is 0.832. The third-order valence-corrected chi connectivity index (χ3v) is 4.80. The first-order valence-corrected chi connectivity index (χ1v) is 8.75. The van der Waals surface area contributed by atoms with E-state index in [1.807, 2.05) is 0 Å². The lowest BCUT2D eigenvalue weighted by Gasteiger charge is -2.33. The Hall–Kier alpha value is -1.06. The highest BCUT2D eigenvalue weighted by molar-refractivity contribution is 5.41. The van der Waals surface area contributed by atoms with Gasteiger partial charge in [-0.25, -0.2) is 0 Å². The van der Waals surface area contributed by atoms with Gasteiger partial charge in [0, 0.05) is 26.2 Å². The van der Waals surface area contributed by atoms with Crippen LogP contribution in [0.3, 0.4) is 0 Å². The SMILES string of the molecule is CCN1CCN(CCCCOc2cc(C)cc(C)c2C)CC1. The van der Waals surface area contributed by atoms with Gasteiger partial charge in [0.1, 0.15) is 5.75 Å². The highest BCUT2D eigenvalue weighted by Crippen LogP contribution is 2.23. The van der Waals surface area contributed by atoms with Crippen LogP contribution in [0, 0.1) is 20.8 Å². The van der Waals surface area contributed by atoms with E-state index in [1.165, 1.54) is 62.4 Å². The van der Waals surface area contributed by atoms with E-state index in [0.29, 0.717) is 0 Å². The van der Waals surface area contributed by atoms with E-state index in [0.717, 1.165) is 18.8 Å². The van der Waals surface area contributed by atoms with Gasteiger partial charge in [-0.05, 0) is 69.5 Å². The van der Waals surface area contributed by atoms with Crippen molar-refractivity contribution in [2.45, 2.75) is 40.5 Å². The van der Waals surface area contributed by atoms with Crippen molar-refractivity contribution >= 4 is 0 Å². The van der Waals surface area contributed by atoms with Crippen LogP contribution in [0.25, 0.3) is 0 Å². The molecule has 1 fully saturated rings. The molecule has 0 amide bonds. The second-order valence-corrected chi connectivity index (χ2v) is 6.54. The lowest BCUT2D eigenvalue weighted by molar-refractivity contribution is 0.134. The van der Waals surface area contributed by atoms with Crippen LogP contribution in [0.5, 0.6) is 5.75 Å². The number of rotatable bonds is 7. The van der Waals surface area contributed by atoms with Crippen LogP contribution in [0.15, 0.2) is 12.1 Å². The largest absolute Gasteiger partial charge is 0.493 e. The van der Waals surface area contributed by atoms with Crippen LogP contribution < -0.4 is 4.74 Å². The Morgan fingerprint density at radius 1 is 0.955 bits per heavy atom. The number of likely N-dealkylation sites (N-methyl/N-ethyl adjacent to an activating group) is 1. The maximum absolute atomic E-state index is 6.00. The van der Waals surface area contributed by atoms with Crippen molar-refractivity contribution in [3.05, 3.63) is 28.8 Å². The molecule has 0 spiro atoms. The van der Waals surface area contributed by atoms with Crippen molar-refractivity contribution in [1.82, 2.24) is 9.80 Å². The summed E-state index contributed by atoms with van der Waals surface area (Å²) in [6, 6.07) is 4.38. The number of benzene rings is 1. The van der Waals surface area contributed by atoms with E-state index in [1.54, 1.807) is 0 Å². The summed E-state index contributed by atoms with van der Waals surface area (Å²) in [5.41, 5.74) is 3.89. The second kappa shape index (κ2) is 8.54. The molecule has 0 N–H and O–H groups in total. The smallest absolute Gasteiger partial charge is 0.122 e. The molecule has 22 heavy (non-hydrogen) atoms. The van der Waals surface area contributed by atoms with Gasteiger partial charge in [0.15, 0.2) is 0 Å². The molecule has 2 rings (SSSR count). The highest BCUT2D eigenvalue weighted by Gasteiger charge is 2.14. The topological polar surface area (TPSA) is 15.7 Å². The normalized spacial score (nSPS) is 16.9. The number of piperazine rings is 1. The number of unbranched alkanes of at least 4 members (excludes halogenated alkanes) is 1. The lowest BCUT2D eigenvalue weighted by atomic mass is 10.1. The zero-order valence-electron chi connectivity index (χ0n) is 14.8. The van der Waals surface area contributed by atoms with Crippen molar-refractivity contribution in [3.63, 3.8) is 0 Å². The molecule has 1 aromatic rings. The molecule has 3 heteroatoms. The van der Waals surface area contributed by atoms with Gasteiger partial charge in [-0.2, -0.15) is 0 Å². The predicted molar refractivity (Wildman–Crippen MR) is 93.9 cm³/mol. The molecular weight excluding hydrogens is 272 g/mol. The Kier molecular flexibility index (Phi) is 6.71. The van der Waals surface area contributed by atoms with Crippen molar-refractivity contribution < 1.29 is 4.74 Å². The fraction of sp³-hybridized carbons (Fsp3) is 0.684. The molecule has 0 radical (unpaired) electrons. The first-order chi connectivity index (χ1) is 10.6. The van der Waals surface area contributed by atoms with Gasteiger partial charge in [-0.1, -0.05) is 13.0 Å². The van der Waals surface area contributed by atoms with E-state index in [4.69, 9.17) is 4.74 Å². The monoisotopic (exact) mass is 304 g/mol. The zero-order valence-corrected chi connectivity index (χ0v) is 14.8. The molecular formula is C19H32N2O. The quantitative estimate of drug-likeness (QED) is 0.718. The van der Waals surface area contributed by atoms with Crippen LogP contribution >= 0.6 is 0 Å². The lowest BCUT2D eigenvalue weighted by Crippen LogP contribution is -2.46. The van der Waals surface area contributed by atoms with Gasteiger partial charge in [-0.15, -0.1) is 0 Å². The van der Waals surface area contributed by atoms with Gasteiger partial charge in [-0.3, -0.25) is 0 Å². The third-order valence-electron chi connectivity index (χ3n) is 4.80. The van der Waals surface area contributed by atoms with E-state index in [-0.39, 0.29) is 0 Å². The highest BCUT2D eigenvalue weighted by atomic mass is 16.5.